The molecule has 2 rings (SSSR count). The molecule has 0 amide bonds. The molecular weight excluding hydrogens is 300 g/mol. The maximum Gasteiger partial charge on any atom is 0.242 e. The minimum atomic E-state index is -3.69. The second kappa shape index (κ2) is 5.52. The van der Waals surface area contributed by atoms with E-state index in [1.807, 2.05) is 0 Å². The van der Waals surface area contributed by atoms with E-state index >= 15 is 0 Å². The number of nitrogens with one attached hydrogen (secondary N) is 1. The van der Waals surface area contributed by atoms with Gasteiger partial charge in [0.05, 0.1) is 5.02 Å². The first-order valence-corrected chi connectivity index (χ1v) is 8.32. The summed E-state index contributed by atoms with van der Waals surface area (Å²) in [6.07, 6.45) is 2.47. The van der Waals surface area contributed by atoms with Crippen LogP contribution in [0.4, 0.5) is 5.69 Å². The molecule has 1 aromatic rings. The number of aliphatic hydroxyl groups excluding tert-OH is 1. The Morgan fingerprint density at radius 2 is 2.10 bits per heavy atom. The first-order valence-electron chi connectivity index (χ1n) is 6.46. The summed E-state index contributed by atoms with van der Waals surface area (Å²) in [6, 6.07) is 2.93. The maximum atomic E-state index is 12.3. The molecular formula is C13H19ClN2O3S. The van der Waals surface area contributed by atoms with Crippen LogP contribution in [0.3, 0.4) is 0 Å². The van der Waals surface area contributed by atoms with Gasteiger partial charge in [0, 0.05) is 18.8 Å². The van der Waals surface area contributed by atoms with Crippen molar-refractivity contribution >= 4 is 27.3 Å². The van der Waals surface area contributed by atoms with E-state index in [1.54, 1.807) is 13.0 Å². The van der Waals surface area contributed by atoms with E-state index in [-0.39, 0.29) is 21.9 Å². The molecule has 1 aromatic carbocycles. The van der Waals surface area contributed by atoms with Crippen LogP contribution in [0.2, 0.25) is 5.02 Å². The largest absolute Gasteiger partial charge is 0.398 e. The van der Waals surface area contributed by atoms with E-state index in [0.717, 1.165) is 18.4 Å². The number of nitrogen functional groups attached to an aromatic ring is 1. The van der Waals surface area contributed by atoms with Crippen LogP contribution in [-0.2, 0) is 10.0 Å². The number of hydrogen-bond acceptors (Lipinski definition) is 4. The van der Waals surface area contributed by atoms with Gasteiger partial charge < -0.3 is 10.8 Å². The summed E-state index contributed by atoms with van der Waals surface area (Å²) in [5.74, 6) is 0. The van der Waals surface area contributed by atoms with Crippen molar-refractivity contribution in [2.75, 3.05) is 18.9 Å². The SMILES string of the molecule is Cc1cc(Cl)c(S(=O)(=O)NCC2(CCO)CC2)cc1N. The molecule has 112 valence electrons. The molecule has 4 N–H and O–H groups in total. The third-order valence-corrected chi connectivity index (χ3v) is 5.71. The van der Waals surface area contributed by atoms with Crippen LogP contribution in [0.25, 0.3) is 0 Å². The van der Waals surface area contributed by atoms with Crippen molar-refractivity contribution in [1.29, 1.82) is 0 Å². The molecule has 1 saturated carbocycles. The monoisotopic (exact) mass is 318 g/mol. The lowest BCUT2D eigenvalue weighted by Crippen LogP contribution is -2.31. The first-order chi connectivity index (χ1) is 9.30. The van der Waals surface area contributed by atoms with Gasteiger partial charge in [-0.05, 0) is 49.3 Å². The van der Waals surface area contributed by atoms with E-state index < -0.39 is 10.0 Å². The fourth-order valence-corrected chi connectivity index (χ4v) is 3.90. The Balaban J connectivity index is 2.17. The summed E-state index contributed by atoms with van der Waals surface area (Å²) in [6.45, 7) is 2.16. The highest BCUT2D eigenvalue weighted by Crippen LogP contribution is 2.48. The van der Waals surface area contributed by atoms with Crippen molar-refractivity contribution in [1.82, 2.24) is 4.72 Å². The van der Waals surface area contributed by atoms with Gasteiger partial charge in [0.2, 0.25) is 10.0 Å². The number of benzene rings is 1. The Bertz CT molecular complexity index is 612. The van der Waals surface area contributed by atoms with Crippen molar-refractivity contribution in [3.63, 3.8) is 0 Å². The standard InChI is InChI=1S/C13H19ClN2O3S/c1-9-6-10(14)12(7-11(9)15)20(18,19)16-8-13(2-3-13)4-5-17/h6-7,16-17H,2-5,8,15H2,1H3. The minimum Gasteiger partial charge on any atom is -0.398 e. The van der Waals surface area contributed by atoms with E-state index in [2.05, 4.69) is 4.72 Å². The topological polar surface area (TPSA) is 92.4 Å². The Kier molecular flexibility index (Phi) is 4.30. The number of sulfonamides is 1. The normalized spacial score (nSPS) is 17.1. The van der Waals surface area contributed by atoms with Gasteiger partial charge in [-0.3, -0.25) is 0 Å². The maximum absolute atomic E-state index is 12.3. The van der Waals surface area contributed by atoms with Crippen LogP contribution in [0.15, 0.2) is 17.0 Å². The molecule has 0 atom stereocenters. The smallest absolute Gasteiger partial charge is 0.242 e. The second-order valence-electron chi connectivity index (χ2n) is 5.44. The van der Waals surface area contributed by atoms with Gasteiger partial charge in [-0.15, -0.1) is 0 Å². The van der Waals surface area contributed by atoms with Crippen molar-refractivity contribution in [2.24, 2.45) is 5.41 Å². The molecule has 0 saturated heterocycles. The molecule has 1 aliphatic carbocycles. The first kappa shape index (κ1) is 15.6. The van der Waals surface area contributed by atoms with Gasteiger partial charge >= 0.3 is 0 Å². The zero-order valence-electron chi connectivity index (χ0n) is 11.3. The van der Waals surface area contributed by atoms with E-state index in [0.29, 0.717) is 18.7 Å². The lowest BCUT2D eigenvalue weighted by molar-refractivity contribution is 0.249. The minimum absolute atomic E-state index is 0.00191. The van der Waals surface area contributed by atoms with Crippen LogP contribution in [0.1, 0.15) is 24.8 Å². The summed E-state index contributed by atoms with van der Waals surface area (Å²) in [4.78, 5) is 0.00191. The fourth-order valence-electron chi connectivity index (χ4n) is 2.13. The highest BCUT2D eigenvalue weighted by Gasteiger charge is 2.42. The molecule has 0 radical (unpaired) electrons. The number of halogens is 1. The molecule has 0 aliphatic heterocycles. The predicted octanol–water partition coefficient (Wildman–Crippen LogP) is 1.67. The predicted molar refractivity (Wildman–Crippen MR) is 79.2 cm³/mol. The zero-order chi connectivity index (χ0) is 15.0. The average molecular weight is 319 g/mol. The van der Waals surface area contributed by atoms with Crippen LogP contribution < -0.4 is 10.5 Å². The molecule has 7 heteroatoms. The summed E-state index contributed by atoms with van der Waals surface area (Å²) >= 11 is 6.00. The number of aryl methyl sites for hydroxylation is 1. The van der Waals surface area contributed by atoms with E-state index in [9.17, 15) is 8.42 Å². The summed E-state index contributed by atoms with van der Waals surface area (Å²) in [7, 11) is -3.69. The third-order valence-electron chi connectivity index (χ3n) is 3.85. The molecule has 0 unspecified atom stereocenters. The van der Waals surface area contributed by atoms with Gasteiger partial charge in [-0.1, -0.05) is 11.6 Å². The highest BCUT2D eigenvalue weighted by atomic mass is 35.5. The van der Waals surface area contributed by atoms with E-state index in [1.165, 1.54) is 6.07 Å². The number of rotatable bonds is 6. The Labute approximate surface area is 124 Å². The van der Waals surface area contributed by atoms with Crippen molar-refractivity contribution in [2.45, 2.75) is 31.1 Å². The number of aliphatic hydroxyl groups is 1. The van der Waals surface area contributed by atoms with Crippen molar-refractivity contribution < 1.29 is 13.5 Å². The van der Waals surface area contributed by atoms with Crippen LogP contribution >= 0.6 is 11.6 Å². The van der Waals surface area contributed by atoms with Crippen molar-refractivity contribution in [3.8, 4) is 0 Å². The quantitative estimate of drug-likeness (QED) is 0.696. The number of hydrogen-bond donors (Lipinski definition) is 3. The Morgan fingerprint density at radius 1 is 1.45 bits per heavy atom. The fraction of sp³-hybridized carbons (Fsp3) is 0.538. The highest BCUT2D eigenvalue weighted by molar-refractivity contribution is 7.89. The number of anilines is 1. The van der Waals surface area contributed by atoms with Gasteiger partial charge in [-0.2, -0.15) is 0 Å². The zero-order valence-corrected chi connectivity index (χ0v) is 12.9. The lowest BCUT2D eigenvalue weighted by Gasteiger charge is -2.16. The van der Waals surface area contributed by atoms with Gasteiger partial charge in [0.15, 0.2) is 0 Å². The van der Waals surface area contributed by atoms with Crippen molar-refractivity contribution in [3.05, 3.63) is 22.7 Å². The summed E-state index contributed by atoms with van der Waals surface area (Å²) in [5, 5.41) is 9.15. The number of nitrogens with two attached hydrogens (primary N) is 1. The molecule has 0 heterocycles. The van der Waals surface area contributed by atoms with E-state index in [4.69, 9.17) is 22.4 Å². The van der Waals surface area contributed by atoms with Gasteiger partial charge in [-0.25, -0.2) is 13.1 Å². The van der Waals surface area contributed by atoms with Gasteiger partial charge in [0.1, 0.15) is 4.90 Å². The summed E-state index contributed by atoms with van der Waals surface area (Å²) < 4.78 is 27.1. The van der Waals surface area contributed by atoms with Crippen LogP contribution in [0.5, 0.6) is 0 Å². The molecule has 1 fully saturated rings. The third kappa shape index (κ3) is 3.25. The Morgan fingerprint density at radius 3 is 2.65 bits per heavy atom. The Hall–Kier alpha value is -0.820. The molecule has 5 nitrogen and oxygen atoms in total. The average Bonchev–Trinajstić information content (AvgIpc) is 3.12. The molecule has 1 aliphatic rings. The second-order valence-corrected chi connectivity index (χ2v) is 7.58. The molecule has 0 bridgehead atoms. The van der Waals surface area contributed by atoms with Gasteiger partial charge in [0.25, 0.3) is 0 Å². The molecule has 20 heavy (non-hydrogen) atoms. The summed E-state index contributed by atoms with van der Waals surface area (Å²) in [5.41, 5.74) is 6.79. The molecule has 0 spiro atoms. The van der Waals surface area contributed by atoms with Crippen LogP contribution in [0, 0.1) is 12.3 Å². The molecule has 0 aromatic heterocycles. The lowest BCUT2D eigenvalue weighted by atomic mass is 10.0. The van der Waals surface area contributed by atoms with Crippen LogP contribution in [-0.4, -0.2) is 26.7 Å².